The van der Waals surface area contributed by atoms with Crippen molar-refractivity contribution in [2.75, 3.05) is 24.6 Å². The maximum absolute atomic E-state index is 12.2. The van der Waals surface area contributed by atoms with E-state index in [1.165, 1.54) is 4.90 Å². The van der Waals surface area contributed by atoms with E-state index in [-0.39, 0.29) is 30.5 Å². The molecule has 6 nitrogen and oxygen atoms in total. The summed E-state index contributed by atoms with van der Waals surface area (Å²) in [7, 11) is -3.01. The van der Waals surface area contributed by atoms with Gasteiger partial charge in [-0.2, -0.15) is 5.26 Å². The second-order valence-electron chi connectivity index (χ2n) is 4.87. The van der Waals surface area contributed by atoms with Gasteiger partial charge in [0.2, 0.25) is 0 Å². The molecule has 0 N–H and O–H groups in total. The Morgan fingerprint density at radius 1 is 1.29 bits per heavy atom. The van der Waals surface area contributed by atoms with Gasteiger partial charge in [-0.05, 0) is 31.2 Å². The van der Waals surface area contributed by atoms with Crippen molar-refractivity contribution in [2.24, 2.45) is 0 Å². The number of hydrogen-bond acceptors (Lipinski definition) is 5. The van der Waals surface area contributed by atoms with Gasteiger partial charge in [-0.1, -0.05) is 0 Å². The van der Waals surface area contributed by atoms with Gasteiger partial charge >= 0.3 is 0 Å². The van der Waals surface area contributed by atoms with Crippen molar-refractivity contribution in [1.29, 1.82) is 5.26 Å². The standard InChI is InChI=1S/C14H16N2O4S/c1-11(20-13-4-2-12(10-15)3-5-13)14(17)16-6-8-21(18,19)9-7-16/h2-5,11H,6-9H2,1H3/t11-/m1/s1. The molecule has 0 spiro atoms. The smallest absolute Gasteiger partial charge is 0.263 e. The van der Waals surface area contributed by atoms with Crippen LogP contribution in [0.5, 0.6) is 5.75 Å². The third-order valence-electron chi connectivity index (χ3n) is 3.30. The lowest BCUT2D eigenvalue weighted by Gasteiger charge is -2.29. The van der Waals surface area contributed by atoms with E-state index in [9.17, 15) is 13.2 Å². The van der Waals surface area contributed by atoms with Gasteiger partial charge in [0.15, 0.2) is 15.9 Å². The average molecular weight is 308 g/mol. The zero-order valence-electron chi connectivity index (χ0n) is 11.7. The van der Waals surface area contributed by atoms with Crippen LogP contribution in [0.15, 0.2) is 24.3 Å². The summed E-state index contributed by atoms with van der Waals surface area (Å²) in [6.07, 6.45) is -0.696. The summed E-state index contributed by atoms with van der Waals surface area (Å²) in [4.78, 5) is 13.7. The predicted molar refractivity (Wildman–Crippen MR) is 76.5 cm³/mol. The molecule has 21 heavy (non-hydrogen) atoms. The fraction of sp³-hybridized carbons (Fsp3) is 0.429. The van der Waals surface area contributed by atoms with Crippen LogP contribution in [0, 0.1) is 11.3 Å². The molecule has 0 unspecified atom stereocenters. The van der Waals surface area contributed by atoms with E-state index in [1.54, 1.807) is 31.2 Å². The van der Waals surface area contributed by atoms with Crippen LogP contribution in [-0.2, 0) is 14.6 Å². The van der Waals surface area contributed by atoms with E-state index < -0.39 is 15.9 Å². The molecule has 2 rings (SSSR count). The lowest BCUT2D eigenvalue weighted by molar-refractivity contribution is -0.137. The Hall–Kier alpha value is -2.07. The fourth-order valence-corrected chi connectivity index (χ4v) is 3.25. The summed E-state index contributed by atoms with van der Waals surface area (Å²) in [6.45, 7) is 2.05. The first-order valence-corrected chi connectivity index (χ1v) is 8.39. The van der Waals surface area contributed by atoms with Crippen LogP contribution in [0.25, 0.3) is 0 Å². The van der Waals surface area contributed by atoms with Crippen LogP contribution in [0.3, 0.4) is 0 Å². The van der Waals surface area contributed by atoms with Crippen LogP contribution in [-0.4, -0.2) is 49.9 Å². The summed E-state index contributed by atoms with van der Waals surface area (Å²) >= 11 is 0. The molecule has 1 aliphatic heterocycles. The molecule has 0 aliphatic carbocycles. The van der Waals surface area contributed by atoms with Crippen LogP contribution in [0.2, 0.25) is 0 Å². The molecule has 1 fully saturated rings. The number of carbonyl (C=O) groups excluding carboxylic acids is 1. The second-order valence-corrected chi connectivity index (χ2v) is 7.18. The molecule has 112 valence electrons. The zero-order chi connectivity index (χ0) is 15.5. The third-order valence-corrected chi connectivity index (χ3v) is 4.91. The number of amides is 1. The van der Waals surface area contributed by atoms with Gasteiger partial charge in [0.05, 0.1) is 23.1 Å². The maximum Gasteiger partial charge on any atom is 0.263 e. The number of rotatable bonds is 3. The van der Waals surface area contributed by atoms with Gasteiger partial charge in [0.1, 0.15) is 5.75 Å². The number of hydrogen-bond donors (Lipinski definition) is 0. The topological polar surface area (TPSA) is 87.5 Å². The Labute approximate surface area is 123 Å². The first-order valence-electron chi connectivity index (χ1n) is 6.57. The molecule has 0 saturated carbocycles. The highest BCUT2D eigenvalue weighted by Gasteiger charge is 2.28. The Bertz CT molecular complexity index is 647. The van der Waals surface area contributed by atoms with Crippen molar-refractivity contribution in [2.45, 2.75) is 13.0 Å². The van der Waals surface area contributed by atoms with Crippen molar-refractivity contribution >= 4 is 15.7 Å². The first-order chi connectivity index (χ1) is 9.91. The highest BCUT2D eigenvalue weighted by molar-refractivity contribution is 7.91. The molecule has 1 amide bonds. The summed E-state index contributed by atoms with van der Waals surface area (Å²) in [6, 6.07) is 8.48. The largest absolute Gasteiger partial charge is 0.481 e. The number of ether oxygens (including phenoxy) is 1. The normalized spacial score (nSPS) is 18.6. The van der Waals surface area contributed by atoms with Crippen molar-refractivity contribution in [3.8, 4) is 11.8 Å². The average Bonchev–Trinajstić information content (AvgIpc) is 2.47. The Morgan fingerprint density at radius 2 is 1.86 bits per heavy atom. The van der Waals surface area contributed by atoms with Gasteiger partial charge < -0.3 is 9.64 Å². The lowest BCUT2D eigenvalue weighted by atomic mass is 10.2. The number of benzene rings is 1. The van der Waals surface area contributed by atoms with E-state index >= 15 is 0 Å². The molecule has 1 aromatic rings. The van der Waals surface area contributed by atoms with Gasteiger partial charge in [-0.15, -0.1) is 0 Å². The van der Waals surface area contributed by atoms with Crippen LogP contribution in [0.4, 0.5) is 0 Å². The van der Waals surface area contributed by atoms with Gasteiger partial charge in [0.25, 0.3) is 5.91 Å². The summed E-state index contributed by atoms with van der Waals surface area (Å²) in [5.41, 5.74) is 0.516. The molecule has 1 heterocycles. The zero-order valence-corrected chi connectivity index (χ0v) is 12.5. The number of sulfone groups is 1. The lowest BCUT2D eigenvalue weighted by Crippen LogP contribution is -2.48. The van der Waals surface area contributed by atoms with E-state index in [0.29, 0.717) is 11.3 Å². The van der Waals surface area contributed by atoms with Gasteiger partial charge in [-0.3, -0.25) is 4.79 Å². The molecule has 1 aliphatic rings. The summed E-state index contributed by atoms with van der Waals surface area (Å²) in [5, 5.41) is 8.71. The predicted octanol–water partition coefficient (Wildman–Crippen LogP) is 0.583. The molecular weight excluding hydrogens is 292 g/mol. The SMILES string of the molecule is C[C@@H](Oc1ccc(C#N)cc1)C(=O)N1CCS(=O)(=O)CC1. The van der Waals surface area contributed by atoms with Crippen molar-refractivity contribution in [1.82, 2.24) is 4.90 Å². The molecule has 1 atom stereocenters. The van der Waals surface area contributed by atoms with Crippen molar-refractivity contribution in [3.63, 3.8) is 0 Å². The fourth-order valence-electron chi connectivity index (χ4n) is 2.05. The molecule has 1 saturated heterocycles. The number of nitriles is 1. The minimum atomic E-state index is -3.01. The number of nitrogens with zero attached hydrogens (tertiary/aromatic N) is 2. The van der Waals surface area contributed by atoms with Crippen LogP contribution in [0.1, 0.15) is 12.5 Å². The maximum atomic E-state index is 12.2. The Morgan fingerprint density at radius 3 is 2.38 bits per heavy atom. The van der Waals surface area contributed by atoms with E-state index in [2.05, 4.69) is 0 Å². The van der Waals surface area contributed by atoms with E-state index in [1.807, 2.05) is 6.07 Å². The van der Waals surface area contributed by atoms with E-state index in [0.717, 1.165) is 0 Å². The van der Waals surface area contributed by atoms with Crippen molar-refractivity contribution in [3.05, 3.63) is 29.8 Å². The summed E-state index contributed by atoms with van der Waals surface area (Å²) in [5.74, 6) is 0.277. The molecule has 0 aromatic heterocycles. The molecule has 0 radical (unpaired) electrons. The van der Waals surface area contributed by atoms with Gasteiger partial charge in [-0.25, -0.2) is 8.42 Å². The first kappa shape index (κ1) is 15.3. The van der Waals surface area contributed by atoms with Crippen molar-refractivity contribution < 1.29 is 17.9 Å². The molecule has 1 aromatic carbocycles. The molecule has 7 heteroatoms. The highest BCUT2D eigenvalue weighted by atomic mass is 32.2. The quantitative estimate of drug-likeness (QED) is 0.815. The Balaban J connectivity index is 1.95. The Kier molecular flexibility index (Phi) is 4.48. The monoisotopic (exact) mass is 308 g/mol. The van der Waals surface area contributed by atoms with Crippen LogP contribution < -0.4 is 4.74 Å². The molecule has 0 bridgehead atoms. The van der Waals surface area contributed by atoms with Crippen LogP contribution >= 0.6 is 0 Å². The molecular formula is C14H16N2O4S. The second kappa shape index (κ2) is 6.14. The van der Waals surface area contributed by atoms with Gasteiger partial charge in [0, 0.05) is 13.1 Å². The minimum absolute atomic E-state index is 0.00231. The summed E-state index contributed by atoms with van der Waals surface area (Å²) < 4.78 is 28.2. The third kappa shape index (κ3) is 3.95. The minimum Gasteiger partial charge on any atom is -0.481 e. The van der Waals surface area contributed by atoms with E-state index in [4.69, 9.17) is 10.00 Å². The number of carbonyl (C=O) groups is 1. The highest BCUT2D eigenvalue weighted by Crippen LogP contribution is 2.15.